The number of rotatable bonds is 15. The smallest absolute Gasteiger partial charge is 0.326 e. The number of aliphatic hydroxyl groups is 1. The van der Waals surface area contributed by atoms with E-state index in [4.69, 9.17) is 21.7 Å². The third-order valence-electron chi connectivity index (χ3n) is 4.17. The van der Waals surface area contributed by atoms with Crippen molar-refractivity contribution < 1.29 is 44.1 Å². The summed E-state index contributed by atoms with van der Waals surface area (Å²) >= 11 is 0. The molecule has 32 heavy (non-hydrogen) atoms. The van der Waals surface area contributed by atoms with Gasteiger partial charge in [-0.15, -0.1) is 0 Å². The van der Waals surface area contributed by atoms with Gasteiger partial charge in [0.05, 0.1) is 13.0 Å². The molecule has 0 aromatic carbocycles. The number of carbonyl (C=O) groups is 6. The summed E-state index contributed by atoms with van der Waals surface area (Å²) < 4.78 is 0. The number of primary amides is 1. The molecule has 0 aliphatic carbocycles. The van der Waals surface area contributed by atoms with Gasteiger partial charge in [-0.1, -0.05) is 13.8 Å². The van der Waals surface area contributed by atoms with Gasteiger partial charge in [-0.25, -0.2) is 4.79 Å². The fourth-order valence-electron chi connectivity index (χ4n) is 2.55. The highest BCUT2D eigenvalue weighted by Crippen LogP contribution is 2.07. The Morgan fingerprint density at radius 2 is 1.34 bits per heavy atom. The van der Waals surface area contributed by atoms with Crippen molar-refractivity contribution in [3.8, 4) is 0 Å². The zero-order valence-electron chi connectivity index (χ0n) is 17.9. The molecule has 14 heteroatoms. The van der Waals surface area contributed by atoms with E-state index < -0.39 is 85.6 Å². The second kappa shape index (κ2) is 13.9. The van der Waals surface area contributed by atoms with E-state index in [1.54, 1.807) is 13.8 Å². The zero-order chi connectivity index (χ0) is 25.0. The van der Waals surface area contributed by atoms with Crippen LogP contribution >= 0.6 is 0 Å². The minimum Gasteiger partial charge on any atom is -0.481 e. The minimum absolute atomic E-state index is 0.0834. The van der Waals surface area contributed by atoms with Crippen molar-refractivity contribution in [2.45, 2.75) is 63.7 Å². The van der Waals surface area contributed by atoms with E-state index >= 15 is 0 Å². The molecular formula is C18H31N5O9. The van der Waals surface area contributed by atoms with Crippen LogP contribution in [0.5, 0.6) is 0 Å². The number of carbonyl (C=O) groups excluding carboxylic acids is 4. The number of nitrogens with one attached hydrogen (secondary N) is 3. The number of aliphatic carboxylic acids is 2. The summed E-state index contributed by atoms with van der Waals surface area (Å²) in [6.07, 6.45) is -1.52. The molecule has 0 saturated carbocycles. The van der Waals surface area contributed by atoms with Gasteiger partial charge in [0.15, 0.2) is 0 Å². The number of nitrogens with two attached hydrogens (primary N) is 2. The first kappa shape index (κ1) is 28.7. The Bertz CT molecular complexity index is 713. The number of hydrogen-bond donors (Lipinski definition) is 8. The van der Waals surface area contributed by atoms with Gasteiger partial charge in [-0.05, 0) is 18.8 Å². The van der Waals surface area contributed by atoms with Crippen molar-refractivity contribution in [1.29, 1.82) is 0 Å². The van der Waals surface area contributed by atoms with E-state index in [2.05, 4.69) is 16.0 Å². The molecule has 0 aromatic heterocycles. The van der Waals surface area contributed by atoms with Gasteiger partial charge in [-0.3, -0.25) is 24.0 Å². The maximum Gasteiger partial charge on any atom is 0.326 e. The monoisotopic (exact) mass is 461 g/mol. The lowest BCUT2D eigenvalue weighted by atomic mass is 10.0. The molecule has 4 atom stereocenters. The van der Waals surface area contributed by atoms with E-state index in [-0.39, 0.29) is 12.3 Å². The Labute approximate surface area is 184 Å². The van der Waals surface area contributed by atoms with Gasteiger partial charge < -0.3 is 42.7 Å². The maximum atomic E-state index is 12.6. The van der Waals surface area contributed by atoms with E-state index in [9.17, 15) is 33.9 Å². The fourth-order valence-corrected chi connectivity index (χ4v) is 2.55. The van der Waals surface area contributed by atoms with Crippen LogP contribution in [0.2, 0.25) is 0 Å². The summed E-state index contributed by atoms with van der Waals surface area (Å²) in [5, 5.41) is 33.7. The Kier molecular flexibility index (Phi) is 12.5. The summed E-state index contributed by atoms with van der Waals surface area (Å²) in [4.78, 5) is 70.7. The fraction of sp³-hybridized carbons (Fsp3) is 0.667. The first-order valence-electron chi connectivity index (χ1n) is 9.78. The summed E-state index contributed by atoms with van der Waals surface area (Å²) in [5.74, 6) is -6.63. The van der Waals surface area contributed by atoms with Gasteiger partial charge in [0, 0.05) is 6.42 Å². The topological polar surface area (TPSA) is 251 Å². The van der Waals surface area contributed by atoms with E-state index in [1.807, 2.05) is 0 Å². The molecule has 0 rings (SSSR count). The molecule has 10 N–H and O–H groups in total. The molecule has 0 aliphatic rings. The van der Waals surface area contributed by atoms with Crippen molar-refractivity contribution in [2.75, 3.05) is 6.61 Å². The van der Waals surface area contributed by atoms with Crippen LogP contribution in [0.3, 0.4) is 0 Å². The van der Waals surface area contributed by atoms with Crippen molar-refractivity contribution in [3.05, 3.63) is 0 Å². The largest absolute Gasteiger partial charge is 0.481 e. The average Bonchev–Trinajstić information content (AvgIpc) is 2.67. The van der Waals surface area contributed by atoms with Crippen LogP contribution in [-0.4, -0.2) is 81.7 Å². The van der Waals surface area contributed by atoms with E-state index in [1.165, 1.54) is 0 Å². The Morgan fingerprint density at radius 3 is 1.78 bits per heavy atom. The van der Waals surface area contributed by atoms with Crippen LogP contribution in [0.15, 0.2) is 0 Å². The molecular weight excluding hydrogens is 430 g/mol. The average molecular weight is 461 g/mol. The zero-order valence-corrected chi connectivity index (χ0v) is 17.9. The number of carboxylic acids is 2. The second-order valence-corrected chi connectivity index (χ2v) is 7.54. The molecule has 0 spiro atoms. The maximum absolute atomic E-state index is 12.6. The van der Waals surface area contributed by atoms with Gasteiger partial charge >= 0.3 is 11.9 Å². The van der Waals surface area contributed by atoms with Gasteiger partial charge in [-0.2, -0.15) is 0 Å². The predicted octanol–water partition coefficient (Wildman–Crippen LogP) is -3.37. The molecule has 4 unspecified atom stereocenters. The number of carboxylic acid groups (broad SMARTS) is 2. The summed E-state index contributed by atoms with van der Waals surface area (Å²) in [5.41, 5.74) is 10.4. The predicted molar refractivity (Wildman–Crippen MR) is 109 cm³/mol. The Morgan fingerprint density at radius 1 is 0.844 bits per heavy atom. The van der Waals surface area contributed by atoms with Crippen LogP contribution in [0.25, 0.3) is 0 Å². The molecule has 4 amide bonds. The van der Waals surface area contributed by atoms with Gasteiger partial charge in [0.2, 0.25) is 23.6 Å². The first-order valence-corrected chi connectivity index (χ1v) is 9.78. The summed E-state index contributed by atoms with van der Waals surface area (Å²) in [7, 11) is 0. The normalized spacial score (nSPS) is 14.5. The third-order valence-corrected chi connectivity index (χ3v) is 4.17. The van der Waals surface area contributed by atoms with Crippen LogP contribution in [0.1, 0.15) is 39.5 Å². The molecule has 14 nitrogen and oxygen atoms in total. The summed E-state index contributed by atoms with van der Waals surface area (Å²) in [6.45, 7) is 2.73. The van der Waals surface area contributed by atoms with E-state index in [0.29, 0.717) is 0 Å². The lowest BCUT2D eigenvalue weighted by Gasteiger charge is -2.24. The Balaban J connectivity index is 5.55. The number of hydrogen-bond acceptors (Lipinski definition) is 8. The molecule has 0 aromatic rings. The number of amides is 4. The number of aliphatic hydroxyl groups excluding tert-OH is 1. The molecule has 0 saturated heterocycles. The van der Waals surface area contributed by atoms with Crippen molar-refractivity contribution in [1.82, 2.24) is 16.0 Å². The first-order chi connectivity index (χ1) is 14.8. The van der Waals surface area contributed by atoms with Gasteiger partial charge in [0.25, 0.3) is 0 Å². The molecule has 0 bridgehead atoms. The van der Waals surface area contributed by atoms with Crippen molar-refractivity contribution >= 4 is 35.6 Å². The van der Waals surface area contributed by atoms with Crippen LogP contribution in [-0.2, 0) is 28.8 Å². The van der Waals surface area contributed by atoms with Crippen LogP contribution in [0, 0.1) is 5.92 Å². The highest BCUT2D eigenvalue weighted by atomic mass is 16.4. The van der Waals surface area contributed by atoms with Crippen LogP contribution < -0.4 is 27.4 Å². The minimum atomic E-state index is -1.57. The highest BCUT2D eigenvalue weighted by molar-refractivity contribution is 5.96. The molecule has 0 heterocycles. The van der Waals surface area contributed by atoms with Crippen LogP contribution in [0.4, 0.5) is 0 Å². The van der Waals surface area contributed by atoms with Crippen molar-refractivity contribution in [2.24, 2.45) is 17.4 Å². The molecule has 0 radical (unpaired) electrons. The SMILES string of the molecule is CC(C)CC(NC(=O)C(CCC(=O)O)NC(=O)C(CC(N)=O)NC(=O)C(N)CO)C(=O)O. The lowest BCUT2D eigenvalue weighted by molar-refractivity contribution is -0.143. The van der Waals surface area contributed by atoms with E-state index in [0.717, 1.165) is 0 Å². The Hall–Kier alpha value is -3.26. The molecule has 0 aliphatic heterocycles. The highest BCUT2D eigenvalue weighted by Gasteiger charge is 2.31. The quantitative estimate of drug-likeness (QED) is 0.120. The molecule has 182 valence electrons. The second-order valence-electron chi connectivity index (χ2n) is 7.54. The summed E-state index contributed by atoms with van der Waals surface area (Å²) in [6, 6.07) is -5.72. The third kappa shape index (κ3) is 11.2. The molecule has 0 fully saturated rings. The van der Waals surface area contributed by atoms with Crippen molar-refractivity contribution in [3.63, 3.8) is 0 Å². The van der Waals surface area contributed by atoms with Gasteiger partial charge in [0.1, 0.15) is 24.2 Å². The lowest BCUT2D eigenvalue weighted by Crippen LogP contribution is -2.58. The standard InChI is InChI=1S/C18H31N5O9/c1-8(2)5-12(18(31)32)23-16(29)10(3-4-14(26)27)21-17(30)11(6-13(20)25)22-15(28)9(19)7-24/h8-12,24H,3-7,19H2,1-2H3,(H2,20,25)(H,21,30)(H,22,28)(H,23,29)(H,26,27)(H,31,32).